The van der Waals surface area contributed by atoms with E-state index < -0.39 is 0 Å². The van der Waals surface area contributed by atoms with Gasteiger partial charge >= 0.3 is 0 Å². The largest absolute Gasteiger partial charge is 0.314 e. The van der Waals surface area contributed by atoms with E-state index in [1.54, 1.807) is 0 Å². The summed E-state index contributed by atoms with van der Waals surface area (Å²) < 4.78 is 0. The van der Waals surface area contributed by atoms with Crippen LogP contribution >= 0.6 is 0 Å². The fourth-order valence-electron chi connectivity index (χ4n) is 2.16. The average Bonchev–Trinajstić information content (AvgIpc) is 2.16. The highest BCUT2D eigenvalue weighted by atomic mass is 14.9. The fourth-order valence-corrected chi connectivity index (χ4v) is 2.16. The number of hydrogen-bond donors (Lipinski definition) is 1. The van der Waals surface area contributed by atoms with Crippen LogP contribution in [0.15, 0.2) is 0 Å². The summed E-state index contributed by atoms with van der Waals surface area (Å²) in [5.41, 5.74) is 0.470. The first-order valence-electron chi connectivity index (χ1n) is 7.14. The van der Waals surface area contributed by atoms with Crippen molar-refractivity contribution in [3.63, 3.8) is 0 Å². The molecule has 0 fully saturated rings. The Labute approximate surface area is 103 Å². The minimum atomic E-state index is 0.470. The van der Waals surface area contributed by atoms with Gasteiger partial charge in [-0.1, -0.05) is 48.0 Å². The Kier molecular flexibility index (Phi) is 8.09. The van der Waals surface area contributed by atoms with Gasteiger partial charge in [0, 0.05) is 6.04 Å². The Morgan fingerprint density at radius 1 is 1.00 bits per heavy atom. The molecule has 0 rings (SSSR count). The third-order valence-electron chi connectivity index (χ3n) is 3.29. The van der Waals surface area contributed by atoms with Crippen LogP contribution < -0.4 is 5.32 Å². The topological polar surface area (TPSA) is 12.0 Å². The van der Waals surface area contributed by atoms with Crippen LogP contribution in [0, 0.1) is 11.3 Å². The van der Waals surface area contributed by atoms with E-state index in [0.717, 1.165) is 12.0 Å². The van der Waals surface area contributed by atoms with Gasteiger partial charge in [0.1, 0.15) is 0 Å². The molecule has 1 nitrogen and oxygen atoms in total. The lowest BCUT2D eigenvalue weighted by Gasteiger charge is -2.28. The van der Waals surface area contributed by atoms with Crippen molar-refractivity contribution in [3.8, 4) is 0 Å². The molecule has 98 valence electrons. The van der Waals surface area contributed by atoms with Crippen LogP contribution in [0.5, 0.6) is 0 Å². The molecule has 1 heteroatoms. The second-order valence-electron chi connectivity index (χ2n) is 6.43. The molecule has 0 bridgehead atoms. The molecule has 0 aliphatic heterocycles. The van der Waals surface area contributed by atoms with Crippen molar-refractivity contribution < 1.29 is 0 Å². The summed E-state index contributed by atoms with van der Waals surface area (Å²) in [5, 5.41) is 3.73. The average molecular weight is 227 g/mol. The van der Waals surface area contributed by atoms with Gasteiger partial charge in [-0.2, -0.15) is 0 Å². The highest BCUT2D eigenvalue weighted by Crippen LogP contribution is 2.24. The highest BCUT2D eigenvalue weighted by molar-refractivity contribution is 4.76. The molecule has 0 aliphatic carbocycles. The molecule has 0 amide bonds. The van der Waals surface area contributed by atoms with Gasteiger partial charge in [-0.25, -0.2) is 0 Å². The molecule has 2 atom stereocenters. The first kappa shape index (κ1) is 16.0. The monoisotopic (exact) mass is 227 g/mol. The lowest BCUT2D eigenvalue weighted by molar-refractivity contribution is 0.278. The van der Waals surface area contributed by atoms with E-state index in [0.29, 0.717) is 5.41 Å². The third-order valence-corrected chi connectivity index (χ3v) is 3.29. The lowest BCUT2D eigenvalue weighted by Crippen LogP contribution is -2.36. The summed E-state index contributed by atoms with van der Waals surface area (Å²) in [6.07, 6.45) is 6.55. The van der Waals surface area contributed by atoms with E-state index in [1.807, 2.05) is 0 Å². The molecule has 0 aromatic rings. The number of rotatable bonds is 8. The van der Waals surface area contributed by atoms with Crippen molar-refractivity contribution in [1.29, 1.82) is 0 Å². The Morgan fingerprint density at radius 3 is 2.06 bits per heavy atom. The van der Waals surface area contributed by atoms with E-state index >= 15 is 0 Å². The molecule has 0 radical (unpaired) electrons. The molecule has 16 heavy (non-hydrogen) atoms. The van der Waals surface area contributed by atoms with Crippen molar-refractivity contribution in [3.05, 3.63) is 0 Å². The van der Waals surface area contributed by atoms with Crippen molar-refractivity contribution in [2.75, 3.05) is 6.54 Å². The molecular formula is C15H33N. The maximum absolute atomic E-state index is 3.73. The third kappa shape index (κ3) is 8.15. The minimum absolute atomic E-state index is 0.470. The van der Waals surface area contributed by atoms with Gasteiger partial charge in [0.2, 0.25) is 0 Å². The summed E-state index contributed by atoms with van der Waals surface area (Å²) in [7, 11) is 0. The van der Waals surface area contributed by atoms with Gasteiger partial charge in [-0.3, -0.25) is 0 Å². The van der Waals surface area contributed by atoms with Gasteiger partial charge in [0.05, 0.1) is 0 Å². The molecule has 0 saturated heterocycles. The van der Waals surface area contributed by atoms with Crippen LogP contribution in [-0.4, -0.2) is 12.6 Å². The molecule has 0 saturated carbocycles. The molecular weight excluding hydrogens is 194 g/mol. The maximum atomic E-state index is 3.73. The van der Waals surface area contributed by atoms with Crippen LogP contribution in [0.2, 0.25) is 0 Å². The van der Waals surface area contributed by atoms with Gasteiger partial charge in [-0.15, -0.1) is 0 Å². The van der Waals surface area contributed by atoms with Gasteiger partial charge < -0.3 is 5.32 Å². The number of nitrogens with one attached hydrogen (secondary N) is 1. The summed E-state index contributed by atoms with van der Waals surface area (Å²) in [6, 6.07) is 0.721. The minimum Gasteiger partial charge on any atom is -0.314 e. The smallest absolute Gasteiger partial charge is 0.00928 e. The molecule has 0 aliphatic rings. The second-order valence-corrected chi connectivity index (χ2v) is 6.43. The molecule has 1 N–H and O–H groups in total. The van der Waals surface area contributed by atoms with E-state index in [2.05, 4.69) is 46.9 Å². The molecule has 0 spiro atoms. The van der Waals surface area contributed by atoms with Crippen molar-refractivity contribution in [1.82, 2.24) is 5.32 Å². The molecule has 2 unspecified atom stereocenters. The SMILES string of the molecule is CCCNC(CCC(C)(C)C)C(C)CCC. The highest BCUT2D eigenvalue weighted by Gasteiger charge is 2.19. The van der Waals surface area contributed by atoms with Crippen molar-refractivity contribution in [2.45, 2.75) is 79.7 Å². The second kappa shape index (κ2) is 8.11. The Balaban J connectivity index is 4.08. The standard InChI is InChI=1S/C15H33N/c1-7-9-13(3)14(16-12-8-2)10-11-15(4,5)6/h13-14,16H,7-12H2,1-6H3. The van der Waals surface area contributed by atoms with Crippen molar-refractivity contribution in [2.24, 2.45) is 11.3 Å². The maximum Gasteiger partial charge on any atom is 0.00928 e. The van der Waals surface area contributed by atoms with E-state index in [9.17, 15) is 0 Å². The van der Waals surface area contributed by atoms with Gasteiger partial charge in [-0.05, 0) is 43.6 Å². The number of hydrogen-bond acceptors (Lipinski definition) is 1. The van der Waals surface area contributed by atoms with E-state index in [4.69, 9.17) is 0 Å². The van der Waals surface area contributed by atoms with E-state index in [-0.39, 0.29) is 0 Å². The van der Waals surface area contributed by atoms with Crippen LogP contribution in [-0.2, 0) is 0 Å². The zero-order chi connectivity index (χ0) is 12.6. The Hall–Kier alpha value is -0.0400. The predicted molar refractivity (Wildman–Crippen MR) is 74.8 cm³/mol. The van der Waals surface area contributed by atoms with Gasteiger partial charge in [0.15, 0.2) is 0 Å². The lowest BCUT2D eigenvalue weighted by atomic mass is 9.84. The molecule has 0 aromatic carbocycles. The first-order chi connectivity index (χ1) is 7.40. The summed E-state index contributed by atoms with van der Waals surface area (Å²) in [5.74, 6) is 0.818. The quantitative estimate of drug-likeness (QED) is 0.638. The summed E-state index contributed by atoms with van der Waals surface area (Å²) >= 11 is 0. The normalized spacial score (nSPS) is 16.1. The fraction of sp³-hybridized carbons (Fsp3) is 1.00. The Bertz CT molecular complexity index is 157. The zero-order valence-electron chi connectivity index (χ0n) is 12.4. The van der Waals surface area contributed by atoms with Crippen LogP contribution in [0.25, 0.3) is 0 Å². The van der Waals surface area contributed by atoms with Gasteiger partial charge in [0.25, 0.3) is 0 Å². The van der Waals surface area contributed by atoms with Crippen LogP contribution in [0.1, 0.15) is 73.6 Å². The Morgan fingerprint density at radius 2 is 1.62 bits per heavy atom. The predicted octanol–water partition coefficient (Wildman–Crippen LogP) is 4.62. The molecule has 0 heterocycles. The van der Waals surface area contributed by atoms with Crippen LogP contribution in [0.3, 0.4) is 0 Å². The molecule has 0 aromatic heterocycles. The first-order valence-corrected chi connectivity index (χ1v) is 7.14. The summed E-state index contributed by atoms with van der Waals surface area (Å²) in [6.45, 7) is 15.1. The zero-order valence-corrected chi connectivity index (χ0v) is 12.4. The van der Waals surface area contributed by atoms with Crippen LogP contribution in [0.4, 0.5) is 0 Å². The van der Waals surface area contributed by atoms with E-state index in [1.165, 1.54) is 38.6 Å². The van der Waals surface area contributed by atoms with Crippen molar-refractivity contribution >= 4 is 0 Å². The summed E-state index contributed by atoms with van der Waals surface area (Å²) in [4.78, 5) is 0.